The number of amides is 1. The SMILES string of the molecule is COc1cccc(C(=O)NC[C@@H]2Cc3cc(C)cc(-c4cc(C(C)=O)ccc4F)c3O2)c1OC. The van der Waals surface area contributed by atoms with Crippen molar-refractivity contribution in [3.8, 4) is 28.4 Å². The molecule has 6 nitrogen and oxygen atoms in total. The second-order valence-electron chi connectivity index (χ2n) is 8.25. The second-order valence-corrected chi connectivity index (χ2v) is 8.25. The van der Waals surface area contributed by atoms with Crippen LogP contribution >= 0.6 is 0 Å². The molecule has 0 aromatic heterocycles. The Morgan fingerprint density at radius 3 is 2.59 bits per heavy atom. The first kappa shape index (κ1) is 23.3. The molecule has 1 aliphatic rings. The molecule has 4 rings (SSSR count). The Balaban J connectivity index is 1.56. The third kappa shape index (κ3) is 4.46. The van der Waals surface area contributed by atoms with Crippen molar-refractivity contribution in [2.75, 3.05) is 20.8 Å². The topological polar surface area (TPSA) is 73.9 Å². The lowest BCUT2D eigenvalue weighted by Gasteiger charge is -2.16. The van der Waals surface area contributed by atoms with E-state index in [2.05, 4.69) is 5.32 Å². The number of benzene rings is 3. The van der Waals surface area contributed by atoms with Crippen LogP contribution in [0, 0.1) is 12.7 Å². The van der Waals surface area contributed by atoms with Crippen molar-refractivity contribution in [3.63, 3.8) is 0 Å². The van der Waals surface area contributed by atoms with E-state index in [0.29, 0.717) is 45.9 Å². The van der Waals surface area contributed by atoms with Crippen molar-refractivity contribution in [2.24, 2.45) is 0 Å². The van der Waals surface area contributed by atoms with Crippen molar-refractivity contribution < 1.29 is 28.2 Å². The average molecular weight is 464 g/mol. The van der Waals surface area contributed by atoms with Gasteiger partial charge in [0.1, 0.15) is 17.7 Å². The van der Waals surface area contributed by atoms with Crippen molar-refractivity contribution >= 4 is 11.7 Å². The van der Waals surface area contributed by atoms with Gasteiger partial charge in [-0.15, -0.1) is 0 Å². The van der Waals surface area contributed by atoms with Crippen LogP contribution in [0.15, 0.2) is 48.5 Å². The van der Waals surface area contributed by atoms with E-state index in [-0.39, 0.29) is 24.3 Å². The Kier molecular flexibility index (Phi) is 6.54. The fourth-order valence-corrected chi connectivity index (χ4v) is 4.22. The van der Waals surface area contributed by atoms with Crippen molar-refractivity contribution in [1.82, 2.24) is 5.32 Å². The lowest BCUT2D eigenvalue weighted by molar-refractivity contribution is 0.0929. The summed E-state index contributed by atoms with van der Waals surface area (Å²) in [6.07, 6.45) is 0.239. The van der Waals surface area contributed by atoms with Crippen LogP contribution in [0.4, 0.5) is 4.39 Å². The number of halogens is 1. The molecule has 0 unspecified atom stereocenters. The zero-order valence-corrected chi connectivity index (χ0v) is 19.5. The van der Waals surface area contributed by atoms with Gasteiger partial charge in [-0.2, -0.15) is 0 Å². The molecule has 0 saturated carbocycles. The van der Waals surface area contributed by atoms with Crippen molar-refractivity contribution in [2.45, 2.75) is 26.4 Å². The number of ether oxygens (including phenoxy) is 3. The molecule has 1 heterocycles. The molecule has 3 aromatic carbocycles. The number of rotatable bonds is 7. The summed E-state index contributed by atoms with van der Waals surface area (Å²) in [6, 6.07) is 13.3. The van der Waals surface area contributed by atoms with Gasteiger partial charge in [-0.25, -0.2) is 4.39 Å². The fraction of sp³-hybridized carbons (Fsp3) is 0.259. The van der Waals surface area contributed by atoms with Gasteiger partial charge in [0.2, 0.25) is 0 Å². The molecule has 176 valence electrons. The number of Topliss-reactive ketones (excluding diaryl/α,β-unsaturated/α-hetero) is 1. The summed E-state index contributed by atoms with van der Waals surface area (Å²) in [5, 5.41) is 2.89. The van der Waals surface area contributed by atoms with E-state index in [1.807, 2.05) is 19.1 Å². The number of ketones is 1. The van der Waals surface area contributed by atoms with E-state index >= 15 is 0 Å². The molecule has 1 N–H and O–H groups in total. The summed E-state index contributed by atoms with van der Waals surface area (Å²) in [5.74, 6) is 0.519. The van der Waals surface area contributed by atoms with Gasteiger partial charge in [-0.3, -0.25) is 9.59 Å². The first-order chi connectivity index (χ1) is 16.3. The van der Waals surface area contributed by atoms with Gasteiger partial charge >= 0.3 is 0 Å². The minimum Gasteiger partial charge on any atom is -0.493 e. The van der Waals surface area contributed by atoms with Gasteiger partial charge in [-0.1, -0.05) is 12.1 Å². The fourth-order valence-electron chi connectivity index (χ4n) is 4.22. The number of aryl methyl sites for hydroxylation is 1. The minimum atomic E-state index is -0.428. The summed E-state index contributed by atoms with van der Waals surface area (Å²) in [5.41, 5.74) is 3.59. The first-order valence-electron chi connectivity index (χ1n) is 10.9. The highest BCUT2D eigenvalue weighted by Gasteiger charge is 2.28. The van der Waals surface area contributed by atoms with E-state index in [1.165, 1.54) is 33.3 Å². The smallest absolute Gasteiger partial charge is 0.255 e. The molecule has 1 amide bonds. The van der Waals surface area contributed by atoms with Gasteiger partial charge in [0.15, 0.2) is 17.3 Å². The number of fused-ring (bicyclic) bond motifs is 1. The van der Waals surface area contributed by atoms with Crippen LogP contribution in [0.3, 0.4) is 0 Å². The van der Waals surface area contributed by atoms with Gasteiger partial charge in [0.25, 0.3) is 5.91 Å². The van der Waals surface area contributed by atoms with Gasteiger partial charge < -0.3 is 19.5 Å². The third-order valence-corrected chi connectivity index (χ3v) is 5.84. The molecule has 0 saturated heterocycles. The third-order valence-electron chi connectivity index (χ3n) is 5.84. The van der Waals surface area contributed by atoms with Gasteiger partial charge in [0.05, 0.1) is 26.3 Å². The molecule has 34 heavy (non-hydrogen) atoms. The standard InChI is InChI=1S/C27H26FNO5/c1-15-10-18-12-19(14-29-27(31)20-6-5-7-24(32-3)26(20)33-4)34-25(18)22(11-15)21-13-17(16(2)30)8-9-23(21)28/h5-11,13,19H,12,14H2,1-4H3,(H,29,31)/t19-/m0/s1. The lowest BCUT2D eigenvalue weighted by atomic mass is 9.95. The number of hydrogen-bond acceptors (Lipinski definition) is 5. The highest BCUT2D eigenvalue weighted by atomic mass is 19.1. The molecule has 0 spiro atoms. The number of carbonyl (C=O) groups is 2. The maximum atomic E-state index is 14.7. The number of hydrogen-bond donors (Lipinski definition) is 1. The van der Waals surface area contributed by atoms with E-state index < -0.39 is 5.82 Å². The van der Waals surface area contributed by atoms with Crippen LogP contribution in [-0.4, -0.2) is 38.6 Å². The predicted octanol–water partition coefficient (Wildman–Crippen LogP) is 4.75. The molecular weight excluding hydrogens is 437 g/mol. The average Bonchev–Trinajstić information content (AvgIpc) is 3.24. The first-order valence-corrected chi connectivity index (χ1v) is 10.9. The maximum absolute atomic E-state index is 14.7. The number of carbonyl (C=O) groups excluding carboxylic acids is 2. The maximum Gasteiger partial charge on any atom is 0.255 e. The minimum absolute atomic E-state index is 0.139. The summed E-state index contributed by atoms with van der Waals surface area (Å²) in [7, 11) is 2.99. The molecule has 0 radical (unpaired) electrons. The van der Waals surface area contributed by atoms with E-state index in [0.717, 1.165) is 11.1 Å². The second kappa shape index (κ2) is 9.55. The summed E-state index contributed by atoms with van der Waals surface area (Å²) < 4.78 is 31.5. The number of methoxy groups -OCH3 is 2. The Bertz CT molecular complexity index is 1270. The van der Waals surface area contributed by atoms with Crippen molar-refractivity contribution in [1.29, 1.82) is 0 Å². The summed E-state index contributed by atoms with van der Waals surface area (Å²) in [6.45, 7) is 3.63. The van der Waals surface area contributed by atoms with Gasteiger partial charge in [0, 0.05) is 23.1 Å². The van der Waals surface area contributed by atoms with Crippen LogP contribution in [0.1, 0.15) is 38.8 Å². The Hall–Kier alpha value is -3.87. The molecule has 7 heteroatoms. The molecular formula is C27H26FNO5. The van der Waals surface area contributed by atoms with Gasteiger partial charge in [-0.05, 0) is 61.4 Å². The Morgan fingerprint density at radius 2 is 1.88 bits per heavy atom. The molecule has 0 aliphatic carbocycles. The predicted molar refractivity (Wildman–Crippen MR) is 127 cm³/mol. The van der Waals surface area contributed by atoms with Crippen LogP contribution < -0.4 is 19.5 Å². The molecule has 3 aromatic rings. The Morgan fingerprint density at radius 1 is 1.09 bits per heavy atom. The molecule has 0 fully saturated rings. The van der Waals surface area contributed by atoms with Crippen LogP contribution in [-0.2, 0) is 6.42 Å². The van der Waals surface area contributed by atoms with Crippen LogP contribution in [0.25, 0.3) is 11.1 Å². The Labute approximate surface area is 197 Å². The monoisotopic (exact) mass is 463 g/mol. The quantitative estimate of drug-likeness (QED) is 0.512. The van der Waals surface area contributed by atoms with E-state index in [9.17, 15) is 14.0 Å². The highest BCUT2D eigenvalue weighted by molar-refractivity contribution is 5.98. The summed E-state index contributed by atoms with van der Waals surface area (Å²) >= 11 is 0. The zero-order chi connectivity index (χ0) is 24.4. The van der Waals surface area contributed by atoms with Crippen LogP contribution in [0.2, 0.25) is 0 Å². The molecule has 0 bridgehead atoms. The normalized spacial score (nSPS) is 14.2. The van der Waals surface area contributed by atoms with Crippen LogP contribution in [0.5, 0.6) is 17.2 Å². The molecule has 1 atom stereocenters. The number of para-hydroxylation sites is 1. The largest absolute Gasteiger partial charge is 0.493 e. The van der Waals surface area contributed by atoms with Crippen molar-refractivity contribution in [3.05, 3.63) is 76.6 Å². The lowest BCUT2D eigenvalue weighted by Crippen LogP contribution is -2.34. The molecule has 1 aliphatic heterocycles. The van der Waals surface area contributed by atoms with E-state index in [4.69, 9.17) is 14.2 Å². The highest BCUT2D eigenvalue weighted by Crippen LogP contribution is 2.41. The number of nitrogens with one attached hydrogen (secondary N) is 1. The van der Waals surface area contributed by atoms with E-state index in [1.54, 1.807) is 24.3 Å². The zero-order valence-electron chi connectivity index (χ0n) is 19.5. The summed E-state index contributed by atoms with van der Waals surface area (Å²) in [4.78, 5) is 24.7.